The molecule has 1 aliphatic heterocycles. The zero-order valence-electron chi connectivity index (χ0n) is 10.2. The lowest BCUT2D eigenvalue weighted by Crippen LogP contribution is -2.38. The highest BCUT2D eigenvalue weighted by atomic mass is 19.4. The number of nitrogens with two attached hydrogens (primary N) is 1. The summed E-state index contributed by atoms with van der Waals surface area (Å²) in [6.45, 7) is -0.717. The summed E-state index contributed by atoms with van der Waals surface area (Å²) in [6.07, 6.45) is -0.977. The second kappa shape index (κ2) is 6.94. The van der Waals surface area contributed by atoms with Crippen molar-refractivity contribution in [1.29, 1.82) is 0 Å². The van der Waals surface area contributed by atoms with Crippen molar-refractivity contribution >= 4 is 5.91 Å². The van der Waals surface area contributed by atoms with Gasteiger partial charge in [0.2, 0.25) is 5.91 Å². The molecule has 1 rings (SSSR count). The van der Waals surface area contributed by atoms with E-state index in [1.807, 2.05) is 0 Å². The Bertz CT molecular complexity index is 272. The normalized spacial score (nSPS) is 20.4. The van der Waals surface area contributed by atoms with Crippen LogP contribution in [0.1, 0.15) is 25.7 Å². The number of alkyl halides is 3. The Hall–Kier alpha value is -0.820. The van der Waals surface area contributed by atoms with Crippen LogP contribution in [0.25, 0.3) is 0 Å². The number of carbonyl (C=O) groups excluding carboxylic acids is 1. The van der Waals surface area contributed by atoms with Crippen LogP contribution in [0.3, 0.4) is 0 Å². The zero-order valence-corrected chi connectivity index (χ0v) is 10.2. The Kier molecular flexibility index (Phi) is 5.87. The van der Waals surface area contributed by atoms with E-state index in [0.717, 1.165) is 25.7 Å². The highest BCUT2D eigenvalue weighted by Crippen LogP contribution is 2.21. The first-order chi connectivity index (χ1) is 8.44. The average Bonchev–Trinajstić information content (AvgIpc) is 2.72. The van der Waals surface area contributed by atoms with Gasteiger partial charge in [-0.25, -0.2) is 0 Å². The predicted molar refractivity (Wildman–Crippen MR) is 59.9 cm³/mol. The molecule has 1 heterocycles. The van der Waals surface area contributed by atoms with Crippen LogP contribution in [0.4, 0.5) is 13.2 Å². The van der Waals surface area contributed by atoms with Crippen molar-refractivity contribution in [2.75, 3.05) is 26.3 Å². The van der Waals surface area contributed by atoms with Gasteiger partial charge in [0, 0.05) is 12.6 Å². The van der Waals surface area contributed by atoms with Crippen LogP contribution in [0.2, 0.25) is 0 Å². The maximum Gasteiger partial charge on any atom is 0.411 e. The number of halogens is 3. The van der Waals surface area contributed by atoms with Crippen molar-refractivity contribution < 1.29 is 22.7 Å². The molecule has 2 N–H and O–H groups in total. The predicted octanol–water partition coefficient (Wildman–Crippen LogP) is 1.30. The van der Waals surface area contributed by atoms with Gasteiger partial charge in [0.05, 0.1) is 0 Å². The zero-order chi connectivity index (χ0) is 13.6. The highest BCUT2D eigenvalue weighted by Gasteiger charge is 2.31. The minimum absolute atomic E-state index is 0.107. The summed E-state index contributed by atoms with van der Waals surface area (Å²) in [5.41, 5.74) is 5.40. The first kappa shape index (κ1) is 15.2. The molecule has 0 spiro atoms. The minimum Gasteiger partial charge on any atom is -0.362 e. The van der Waals surface area contributed by atoms with E-state index < -0.39 is 19.4 Å². The number of amides is 1. The van der Waals surface area contributed by atoms with Gasteiger partial charge in [-0.05, 0) is 32.2 Å². The minimum atomic E-state index is -4.38. The monoisotopic (exact) mass is 268 g/mol. The Morgan fingerprint density at radius 2 is 2.17 bits per heavy atom. The van der Waals surface area contributed by atoms with E-state index in [2.05, 4.69) is 4.74 Å². The quantitative estimate of drug-likeness (QED) is 0.790. The van der Waals surface area contributed by atoms with Gasteiger partial charge in [0.1, 0.15) is 13.2 Å². The number of hydrogen-bond acceptors (Lipinski definition) is 3. The number of ether oxygens (including phenoxy) is 1. The number of likely N-dealkylation sites (tertiary alicyclic amines) is 1. The molecule has 0 aromatic carbocycles. The summed E-state index contributed by atoms with van der Waals surface area (Å²) in [5.74, 6) is -0.362. The van der Waals surface area contributed by atoms with Crippen LogP contribution < -0.4 is 5.73 Å². The van der Waals surface area contributed by atoms with Crippen molar-refractivity contribution in [3.63, 3.8) is 0 Å². The summed E-state index contributed by atoms with van der Waals surface area (Å²) in [5, 5.41) is 0. The lowest BCUT2D eigenvalue weighted by atomic mass is 10.1. The summed E-state index contributed by atoms with van der Waals surface area (Å²) in [4.78, 5) is 13.3. The van der Waals surface area contributed by atoms with Crippen LogP contribution in [0.15, 0.2) is 0 Å². The van der Waals surface area contributed by atoms with E-state index in [0.29, 0.717) is 13.1 Å². The van der Waals surface area contributed by atoms with Crippen molar-refractivity contribution in [3.05, 3.63) is 0 Å². The van der Waals surface area contributed by atoms with Gasteiger partial charge in [-0.1, -0.05) is 0 Å². The van der Waals surface area contributed by atoms with E-state index in [-0.39, 0.29) is 11.9 Å². The molecule has 1 atom stereocenters. The van der Waals surface area contributed by atoms with E-state index in [9.17, 15) is 18.0 Å². The molecule has 0 aromatic rings. The topological polar surface area (TPSA) is 55.6 Å². The second-order valence-electron chi connectivity index (χ2n) is 4.42. The number of rotatable bonds is 6. The van der Waals surface area contributed by atoms with E-state index in [1.54, 1.807) is 4.90 Å². The number of hydrogen-bond donors (Lipinski definition) is 1. The summed E-state index contributed by atoms with van der Waals surface area (Å²) >= 11 is 0. The fraction of sp³-hybridized carbons (Fsp3) is 0.909. The van der Waals surface area contributed by atoms with Crippen molar-refractivity contribution in [2.24, 2.45) is 5.73 Å². The van der Waals surface area contributed by atoms with Gasteiger partial charge in [-0.2, -0.15) is 13.2 Å². The molecule has 1 saturated heterocycles. The number of nitrogens with zero attached hydrogens (tertiary/aromatic N) is 1. The average molecular weight is 268 g/mol. The molecule has 1 amide bonds. The molecule has 1 fully saturated rings. The molecule has 0 saturated carbocycles. The lowest BCUT2D eigenvalue weighted by molar-refractivity contribution is -0.178. The summed E-state index contributed by atoms with van der Waals surface area (Å²) in [6, 6.07) is 0.107. The van der Waals surface area contributed by atoms with Gasteiger partial charge in [-0.15, -0.1) is 0 Å². The van der Waals surface area contributed by atoms with E-state index in [1.165, 1.54) is 0 Å². The molecular formula is C11H19F3N2O2. The van der Waals surface area contributed by atoms with Crippen molar-refractivity contribution in [3.8, 4) is 0 Å². The molecule has 4 nitrogen and oxygen atoms in total. The molecule has 0 radical (unpaired) electrons. The van der Waals surface area contributed by atoms with Gasteiger partial charge in [-0.3, -0.25) is 4.79 Å². The smallest absolute Gasteiger partial charge is 0.362 e. The molecule has 18 heavy (non-hydrogen) atoms. The second-order valence-corrected chi connectivity index (χ2v) is 4.42. The molecule has 106 valence electrons. The fourth-order valence-corrected chi connectivity index (χ4v) is 2.15. The van der Waals surface area contributed by atoms with Crippen LogP contribution in [-0.4, -0.2) is 49.3 Å². The third kappa shape index (κ3) is 5.22. The van der Waals surface area contributed by atoms with Crippen molar-refractivity contribution in [2.45, 2.75) is 37.9 Å². The Morgan fingerprint density at radius 3 is 2.78 bits per heavy atom. The van der Waals surface area contributed by atoms with Crippen LogP contribution >= 0.6 is 0 Å². The molecule has 1 aliphatic rings. The third-order valence-electron chi connectivity index (χ3n) is 2.93. The summed E-state index contributed by atoms with van der Waals surface area (Å²) in [7, 11) is 0. The van der Waals surface area contributed by atoms with Crippen LogP contribution in [0.5, 0.6) is 0 Å². The first-order valence-electron chi connectivity index (χ1n) is 6.08. The van der Waals surface area contributed by atoms with Crippen molar-refractivity contribution in [1.82, 2.24) is 4.90 Å². The Morgan fingerprint density at radius 1 is 1.44 bits per heavy atom. The molecule has 0 bridgehead atoms. The van der Waals surface area contributed by atoms with Gasteiger partial charge >= 0.3 is 6.18 Å². The Balaban J connectivity index is 2.31. The van der Waals surface area contributed by atoms with Crippen LogP contribution in [0, 0.1) is 0 Å². The molecule has 0 aromatic heterocycles. The lowest BCUT2D eigenvalue weighted by Gasteiger charge is -2.24. The summed E-state index contributed by atoms with van der Waals surface area (Å²) < 4.78 is 40.0. The standard InChI is InChI=1S/C11H19F3N2O2/c12-11(13,14)8-18-7-10(17)16-6-2-4-9(16)3-1-5-15/h9H,1-8,15H2. The van der Waals surface area contributed by atoms with E-state index >= 15 is 0 Å². The van der Waals surface area contributed by atoms with Crippen LogP contribution in [-0.2, 0) is 9.53 Å². The SMILES string of the molecule is NCCCC1CCCN1C(=O)COCC(F)(F)F. The number of carbonyl (C=O) groups is 1. The highest BCUT2D eigenvalue weighted by molar-refractivity contribution is 5.78. The maximum absolute atomic E-state index is 11.9. The maximum atomic E-state index is 11.9. The molecular weight excluding hydrogens is 249 g/mol. The van der Waals surface area contributed by atoms with E-state index in [4.69, 9.17) is 5.73 Å². The Labute approximate surface area is 104 Å². The first-order valence-corrected chi connectivity index (χ1v) is 6.08. The third-order valence-corrected chi connectivity index (χ3v) is 2.93. The largest absolute Gasteiger partial charge is 0.411 e. The molecule has 1 unspecified atom stereocenters. The van der Waals surface area contributed by atoms with Gasteiger partial charge in [0.25, 0.3) is 0 Å². The van der Waals surface area contributed by atoms with Gasteiger partial charge < -0.3 is 15.4 Å². The molecule has 7 heteroatoms. The van der Waals surface area contributed by atoms with Gasteiger partial charge in [0.15, 0.2) is 0 Å². The molecule has 0 aliphatic carbocycles. The fourth-order valence-electron chi connectivity index (χ4n) is 2.15.